The SMILES string of the molecule is CCn1cc(-c2ccnc3[nH]ccc23)c(-c2ccc(NC(=O)Nc3ccccc3C)cc2)n1. The standard InChI is InChI=1S/C26H24N6O/c1-3-32-16-22(20-12-14-27-25-21(20)13-15-28-25)24(31-32)18-8-10-19(11-9-18)29-26(33)30-23-7-5-4-6-17(23)2/h4-16H,3H2,1-2H3,(H,27,28)(H2,29,30,33). The molecule has 0 unspecified atom stereocenters. The molecule has 7 heteroatoms. The van der Waals surface area contributed by atoms with Crippen molar-refractivity contribution in [1.29, 1.82) is 0 Å². The van der Waals surface area contributed by atoms with Crippen LogP contribution in [0.4, 0.5) is 16.2 Å². The molecule has 0 saturated carbocycles. The number of aryl methyl sites for hydroxylation is 2. The number of hydrogen-bond acceptors (Lipinski definition) is 3. The molecule has 0 saturated heterocycles. The van der Waals surface area contributed by atoms with Gasteiger partial charge >= 0.3 is 6.03 Å². The first kappa shape index (κ1) is 20.5. The molecule has 0 aliphatic carbocycles. The number of carbonyl (C=O) groups is 1. The number of nitrogens with one attached hydrogen (secondary N) is 3. The third kappa shape index (κ3) is 4.08. The number of benzene rings is 2. The molecule has 0 bridgehead atoms. The predicted molar refractivity (Wildman–Crippen MR) is 132 cm³/mol. The maximum atomic E-state index is 12.4. The van der Waals surface area contributed by atoms with Gasteiger partial charge in [-0.3, -0.25) is 4.68 Å². The topological polar surface area (TPSA) is 87.6 Å². The predicted octanol–water partition coefficient (Wildman–Crippen LogP) is 6.07. The zero-order valence-corrected chi connectivity index (χ0v) is 18.5. The van der Waals surface area contributed by atoms with Gasteiger partial charge in [-0.25, -0.2) is 9.78 Å². The Morgan fingerprint density at radius 3 is 2.61 bits per heavy atom. The molecule has 164 valence electrons. The third-order valence-electron chi connectivity index (χ3n) is 5.65. The van der Waals surface area contributed by atoms with E-state index in [1.165, 1.54) is 0 Å². The molecule has 7 nitrogen and oxygen atoms in total. The molecule has 3 heterocycles. The summed E-state index contributed by atoms with van der Waals surface area (Å²) in [5, 5.41) is 11.6. The molecule has 2 amide bonds. The van der Waals surface area contributed by atoms with Crippen molar-refractivity contribution in [3.05, 3.63) is 84.8 Å². The Balaban J connectivity index is 1.42. The molecule has 0 atom stereocenters. The molecule has 0 spiro atoms. The first-order valence-corrected chi connectivity index (χ1v) is 10.9. The highest BCUT2D eigenvalue weighted by Gasteiger charge is 2.16. The number of rotatable bonds is 5. The molecular formula is C26H24N6O. The molecule has 0 aliphatic heterocycles. The van der Waals surface area contributed by atoms with Gasteiger partial charge in [0.05, 0.1) is 0 Å². The lowest BCUT2D eigenvalue weighted by molar-refractivity contribution is 0.262. The third-order valence-corrected chi connectivity index (χ3v) is 5.65. The average Bonchev–Trinajstić information content (AvgIpc) is 3.48. The van der Waals surface area contributed by atoms with Crippen molar-refractivity contribution >= 4 is 28.4 Å². The van der Waals surface area contributed by atoms with Crippen LogP contribution in [0.5, 0.6) is 0 Å². The summed E-state index contributed by atoms with van der Waals surface area (Å²) < 4.78 is 1.94. The van der Waals surface area contributed by atoms with Crippen LogP contribution in [0.1, 0.15) is 12.5 Å². The minimum atomic E-state index is -0.278. The van der Waals surface area contributed by atoms with Crippen LogP contribution >= 0.6 is 0 Å². The molecule has 0 aliphatic rings. The summed E-state index contributed by atoms with van der Waals surface area (Å²) in [6.45, 7) is 4.80. The summed E-state index contributed by atoms with van der Waals surface area (Å²) >= 11 is 0. The lowest BCUT2D eigenvalue weighted by atomic mass is 10.0. The van der Waals surface area contributed by atoms with E-state index < -0.39 is 0 Å². The molecule has 3 aromatic heterocycles. The van der Waals surface area contributed by atoms with Crippen molar-refractivity contribution in [2.45, 2.75) is 20.4 Å². The number of pyridine rings is 1. The number of H-pyrrole nitrogens is 1. The highest BCUT2D eigenvalue weighted by molar-refractivity contribution is 6.00. The number of para-hydroxylation sites is 1. The van der Waals surface area contributed by atoms with Crippen molar-refractivity contribution < 1.29 is 4.79 Å². The van der Waals surface area contributed by atoms with Crippen molar-refractivity contribution in [1.82, 2.24) is 19.7 Å². The van der Waals surface area contributed by atoms with Gasteiger partial charge in [0.1, 0.15) is 11.3 Å². The quantitative estimate of drug-likeness (QED) is 0.313. The molecule has 2 aromatic carbocycles. The monoisotopic (exact) mass is 436 g/mol. The fourth-order valence-electron chi connectivity index (χ4n) is 3.90. The number of aromatic nitrogens is 4. The van der Waals surface area contributed by atoms with E-state index in [1.54, 1.807) is 6.20 Å². The second kappa shape index (κ2) is 8.63. The van der Waals surface area contributed by atoms with Crippen LogP contribution in [0, 0.1) is 6.92 Å². The lowest BCUT2D eigenvalue weighted by Crippen LogP contribution is -2.19. The van der Waals surface area contributed by atoms with E-state index in [0.29, 0.717) is 5.69 Å². The van der Waals surface area contributed by atoms with Gasteiger partial charge in [0, 0.05) is 53.0 Å². The first-order valence-electron chi connectivity index (χ1n) is 10.9. The van der Waals surface area contributed by atoms with Gasteiger partial charge in [-0.15, -0.1) is 0 Å². The number of nitrogens with zero attached hydrogens (tertiary/aromatic N) is 3. The van der Waals surface area contributed by atoms with E-state index in [1.807, 2.05) is 78.5 Å². The van der Waals surface area contributed by atoms with Crippen LogP contribution in [0.3, 0.4) is 0 Å². The fourth-order valence-corrected chi connectivity index (χ4v) is 3.90. The highest BCUT2D eigenvalue weighted by atomic mass is 16.2. The number of anilines is 2. The number of hydrogen-bond donors (Lipinski definition) is 3. The zero-order chi connectivity index (χ0) is 22.8. The Bertz CT molecular complexity index is 1430. The summed E-state index contributed by atoms with van der Waals surface area (Å²) in [5.41, 5.74) is 7.34. The van der Waals surface area contributed by atoms with E-state index >= 15 is 0 Å². The number of urea groups is 1. The maximum absolute atomic E-state index is 12.4. The number of carbonyl (C=O) groups excluding carboxylic acids is 1. The van der Waals surface area contributed by atoms with Gasteiger partial charge in [-0.05, 0) is 55.3 Å². The Kier molecular flexibility index (Phi) is 5.36. The first-order chi connectivity index (χ1) is 16.1. The molecule has 0 radical (unpaired) electrons. The van der Waals surface area contributed by atoms with Gasteiger partial charge < -0.3 is 15.6 Å². The highest BCUT2D eigenvalue weighted by Crippen LogP contribution is 2.35. The average molecular weight is 437 g/mol. The molecular weight excluding hydrogens is 412 g/mol. The van der Waals surface area contributed by atoms with E-state index in [9.17, 15) is 4.79 Å². The van der Waals surface area contributed by atoms with Gasteiger partial charge in [-0.1, -0.05) is 30.3 Å². The van der Waals surface area contributed by atoms with Crippen LogP contribution in [-0.4, -0.2) is 25.8 Å². The van der Waals surface area contributed by atoms with E-state index in [-0.39, 0.29) is 6.03 Å². The zero-order valence-electron chi connectivity index (χ0n) is 18.5. The Labute approximate surface area is 191 Å². The Hall–Kier alpha value is -4.39. The second-order valence-electron chi connectivity index (χ2n) is 7.82. The fraction of sp³-hybridized carbons (Fsp3) is 0.115. The molecule has 3 N–H and O–H groups in total. The van der Waals surface area contributed by atoms with Gasteiger partial charge in [0.15, 0.2) is 0 Å². The lowest BCUT2D eigenvalue weighted by Gasteiger charge is -2.10. The smallest absolute Gasteiger partial charge is 0.323 e. The summed E-state index contributed by atoms with van der Waals surface area (Å²) in [6.07, 6.45) is 5.77. The minimum absolute atomic E-state index is 0.278. The Morgan fingerprint density at radius 1 is 1.00 bits per heavy atom. The van der Waals surface area contributed by atoms with Crippen molar-refractivity contribution in [2.75, 3.05) is 10.6 Å². The largest absolute Gasteiger partial charge is 0.346 e. The maximum Gasteiger partial charge on any atom is 0.323 e. The van der Waals surface area contributed by atoms with Crippen molar-refractivity contribution in [3.8, 4) is 22.4 Å². The van der Waals surface area contributed by atoms with Gasteiger partial charge in [0.25, 0.3) is 0 Å². The van der Waals surface area contributed by atoms with Crippen LogP contribution < -0.4 is 10.6 Å². The summed E-state index contributed by atoms with van der Waals surface area (Å²) in [7, 11) is 0. The van der Waals surface area contributed by atoms with Crippen LogP contribution in [-0.2, 0) is 6.54 Å². The van der Waals surface area contributed by atoms with Crippen LogP contribution in [0.25, 0.3) is 33.4 Å². The number of aromatic amines is 1. The van der Waals surface area contributed by atoms with E-state index in [0.717, 1.165) is 51.2 Å². The van der Waals surface area contributed by atoms with Gasteiger partial charge in [0.2, 0.25) is 0 Å². The Morgan fingerprint density at radius 2 is 1.82 bits per heavy atom. The molecule has 0 fully saturated rings. The van der Waals surface area contributed by atoms with E-state index in [4.69, 9.17) is 5.10 Å². The summed E-state index contributed by atoms with van der Waals surface area (Å²) in [4.78, 5) is 20.0. The number of fused-ring (bicyclic) bond motifs is 1. The summed E-state index contributed by atoms with van der Waals surface area (Å²) in [6, 6.07) is 19.2. The van der Waals surface area contributed by atoms with Crippen molar-refractivity contribution in [2.24, 2.45) is 0 Å². The molecule has 5 aromatic rings. The van der Waals surface area contributed by atoms with Crippen molar-refractivity contribution in [3.63, 3.8) is 0 Å². The molecule has 33 heavy (non-hydrogen) atoms. The van der Waals surface area contributed by atoms with Crippen LogP contribution in [0.2, 0.25) is 0 Å². The number of amides is 2. The summed E-state index contributed by atoms with van der Waals surface area (Å²) in [5.74, 6) is 0. The molecule has 5 rings (SSSR count). The second-order valence-corrected chi connectivity index (χ2v) is 7.82. The van der Waals surface area contributed by atoms with Gasteiger partial charge in [-0.2, -0.15) is 5.10 Å². The van der Waals surface area contributed by atoms with Crippen LogP contribution in [0.15, 0.2) is 79.3 Å². The minimum Gasteiger partial charge on any atom is -0.346 e. The van der Waals surface area contributed by atoms with E-state index in [2.05, 4.69) is 33.7 Å². The normalized spacial score (nSPS) is 11.0.